The number of aliphatic hydroxyl groups excluding tert-OH is 1. The van der Waals surface area contributed by atoms with Crippen molar-refractivity contribution in [2.75, 3.05) is 13.7 Å². The number of rotatable bonds is 2. The second-order valence-electron chi connectivity index (χ2n) is 2.67. The summed E-state index contributed by atoms with van der Waals surface area (Å²) in [4.78, 5) is 0. The van der Waals surface area contributed by atoms with E-state index in [-0.39, 0.29) is 6.61 Å². The summed E-state index contributed by atoms with van der Waals surface area (Å²) >= 11 is 0. The molecule has 1 fully saturated rings. The van der Waals surface area contributed by atoms with Crippen molar-refractivity contribution in [2.45, 2.75) is 24.1 Å². The summed E-state index contributed by atoms with van der Waals surface area (Å²) < 4.78 is 34.6. The van der Waals surface area contributed by atoms with Gasteiger partial charge in [0.2, 0.25) is 0 Å². The van der Waals surface area contributed by atoms with Gasteiger partial charge in [0.05, 0.1) is 12.6 Å². The number of ether oxygens (including phenoxy) is 2. The Bertz CT molecular complexity index is 167. The van der Waals surface area contributed by atoms with Crippen LogP contribution in [-0.4, -0.2) is 50.8 Å². The van der Waals surface area contributed by atoms with Crippen molar-refractivity contribution in [3.05, 3.63) is 0 Å². The van der Waals surface area contributed by atoms with Gasteiger partial charge in [0.25, 0.3) is 5.92 Å². The molecule has 0 aromatic heterocycles. The zero-order valence-corrected chi connectivity index (χ0v) is 6.54. The molecule has 0 bridgehead atoms. The third-order valence-corrected chi connectivity index (χ3v) is 1.78. The van der Waals surface area contributed by atoms with Gasteiger partial charge in [-0.25, -0.2) is 8.78 Å². The Labute approximate surface area is 70.1 Å². The van der Waals surface area contributed by atoms with Gasteiger partial charge in [-0.3, -0.25) is 0 Å². The molecule has 3 atom stereocenters. The van der Waals surface area contributed by atoms with Crippen molar-refractivity contribution in [1.82, 2.24) is 0 Å². The molecule has 12 heavy (non-hydrogen) atoms. The van der Waals surface area contributed by atoms with E-state index >= 15 is 0 Å². The van der Waals surface area contributed by atoms with Gasteiger partial charge >= 0.3 is 0 Å². The topological polar surface area (TPSA) is 38.7 Å². The lowest BCUT2D eigenvalue weighted by Gasteiger charge is -2.16. The first-order valence-electron chi connectivity index (χ1n) is 3.46. The number of hydrogen-bond acceptors (Lipinski definition) is 3. The molecule has 0 spiro atoms. The fourth-order valence-corrected chi connectivity index (χ4v) is 1.06. The second kappa shape index (κ2) is 3.28. The van der Waals surface area contributed by atoms with Crippen LogP contribution >= 0.6 is 0 Å². The minimum Gasteiger partial charge on any atom is -0.384 e. The van der Waals surface area contributed by atoms with Crippen molar-refractivity contribution < 1.29 is 23.4 Å². The highest BCUT2D eigenvalue weighted by Crippen LogP contribution is 2.34. The van der Waals surface area contributed by atoms with Crippen LogP contribution in [0.25, 0.3) is 0 Å². The predicted molar refractivity (Wildman–Crippen MR) is 37.2 cm³/mol. The summed E-state index contributed by atoms with van der Waals surface area (Å²) in [7, 11) is 6.27. The summed E-state index contributed by atoms with van der Waals surface area (Å²) in [5.74, 6) is -3.39. The minimum atomic E-state index is -3.39. The maximum Gasteiger partial charge on any atom is 0.293 e. The van der Waals surface area contributed by atoms with E-state index in [1.165, 1.54) is 7.11 Å². The molecular weight excluding hydrogens is 169 g/mol. The van der Waals surface area contributed by atoms with Crippen LogP contribution in [0.5, 0.6) is 0 Å². The van der Waals surface area contributed by atoms with E-state index in [4.69, 9.17) is 13.0 Å². The van der Waals surface area contributed by atoms with Gasteiger partial charge < -0.3 is 14.6 Å². The van der Waals surface area contributed by atoms with Crippen LogP contribution in [0.4, 0.5) is 8.78 Å². The van der Waals surface area contributed by atoms with E-state index in [2.05, 4.69) is 9.47 Å². The predicted octanol–water partition coefficient (Wildman–Crippen LogP) is -0.478. The van der Waals surface area contributed by atoms with E-state index in [0.29, 0.717) is 0 Å². The molecule has 0 unspecified atom stereocenters. The highest BCUT2D eigenvalue weighted by Gasteiger charge is 2.55. The lowest BCUT2D eigenvalue weighted by Crippen LogP contribution is -2.40. The Balaban J connectivity index is 2.63. The molecule has 1 rings (SSSR count). The standard InChI is InChI=1S/C6H9BF2O3/c1-11-2-3-4(10)6(8,9)5(7)12-3/h3-5,10H,2H2,1H3/t3-,4+,5-/m1/s1. The molecule has 2 radical (unpaired) electrons. The van der Waals surface area contributed by atoms with Crippen molar-refractivity contribution in [2.24, 2.45) is 0 Å². The normalized spacial score (nSPS) is 40.2. The van der Waals surface area contributed by atoms with Crippen LogP contribution in [0.3, 0.4) is 0 Å². The molecule has 3 nitrogen and oxygen atoms in total. The van der Waals surface area contributed by atoms with E-state index in [0.717, 1.165) is 0 Å². The number of alkyl halides is 2. The third kappa shape index (κ3) is 1.46. The van der Waals surface area contributed by atoms with Crippen molar-refractivity contribution in [3.8, 4) is 0 Å². The van der Waals surface area contributed by atoms with Gasteiger partial charge in [0, 0.05) is 7.11 Å². The Morgan fingerprint density at radius 3 is 2.58 bits per heavy atom. The summed E-state index contributed by atoms with van der Waals surface area (Å²) in [5.41, 5.74) is 0. The molecule has 0 amide bonds. The van der Waals surface area contributed by atoms with Gasteiger partial charge in [-0.1, -0.05) is 0 Å². The minimum absolute atomic E-state index is 0.0928. The average molecular weight is 178 g/mol. The van der Waals surface area contributed by atoms with Gasteiger partial charge in [-0.2, -0.15) is 0 Å². The molecule has 0 saturated carbocycles. The molecule has 1 aliphatic rings. The molecule has 1 N–H and O–H groups in total. The van der Waals surface area contributed by atoms with Crippen molar-refractivity contribution in [3.63, 3.8) is 0 Å². The Kier molecular flexibility index (Phi) is 2.70. The lowest BCUT2D eigenvalue weighted by molar-refractivity contribution is -0.0924. The molecule has 1 aliphatic heterocycles. The van der Waals surface area contributed by atoms with Crippen LogP contribution in [-0.2, 0) is 9.47 Å². The molecule has 0 aromatic carbocycles. The Hall–Kier alpha value is -0.195. The highest BCUT2D eigenvalue weighted by atomic mass is 19.3. The van der Waals surface area contributed by atoms with E-state index in [9.17, 15) is 8.78 Å². The zero-order valence-electron chi connectivity index (χ0n) is 6.54. The largest absolute Gasteiger partial charge is 0.384 e. The first-order valence-corrected chi connectivity index (χ1v) is 3.46. The third-order valence-electron chi connectivity index (χ3n) is 1.78. The van der Waals surface area contributed by atoms with Crippen LogP contribution < -0.4 is 0 Å². The molecule has 1 heterocycles. The quantitative estimate of drug-likeness (QED) is 0.580. The second-order valence-corrected chi connectivity index (χ2v) is 2.67. The molecule has 68 valence electrons. The number of aliphatic hydroxyl groups is 1. The van der Waals surface area contributed by atoms with Crippen molar-refractivity contribution >= 4 is 7.85 Å². The summed E-state index contributed by atoms with van der Waals surface area (Å²) in [6, 6.07) is -1.74. The van der Waals surface area contributed by atoms with Crippen molar-refractivity contribution in [1.29, 1.82) is 0 Å². The fourth-order valence-electron chi connectivity index (χ4n) is 1.06. The SMILES string of the molecule is [B][C@@H]1O[C@H](COC)[C@H](O)C1(F)F. The van der Waals surface area contributed by atoms with Gasteiger partial charge in [-0.15, -0.1) is 0 Å². The summed E-state index contributed by atoms with van der Waals surface area (Å²) in [6.07, 6.45) is -2.92. The van der Waals surface area contributed by atoms with Gasteiger partial charge in [-0.05, 0) is 0 Å². The molecule has 0 aliphatic carbocycles. The maximum atomic E-state index is 12.7. The van der Waals surface area contributed by atoms with Gasteiger partial charge in [0.1, 0.15) is 20.1 Å². The average Bonchev–Trinajstić information content (AvgIpc) is 2.17. The maximum absolute atomic E-state index is 12.7. The highest BCUT2D eigenvalue weighted by molar-refractivity contribution is 6.12. The first-order chi connectivity index (χ1) is 5.50. The van der Waals surface area contributed by atoms with Crippen LogP contribution in [0, 0.1) is 0 Å². The van der Waals surface area contributed by atoms with E-state index < -0.39 is 24.1 Å². The van der Waals surface area contributed by atoms with Crippen LogP contribution in [0.15, 0.2) is 0 Å². The Morgan fingerprint density at radius 2 is 2.25 bits per heavy atom. The Morgan fingerprint density at radius 1 is 1.67 bits per heavy atom. The van der Waals surface area contributed by atoms with Crippen LogP contribution in [0.1, 0.15) is 0 Å². The number of halogens is 2. The van der Waals surface area contributed by atoms with E-state index in [1.807, 2.05) is 0 Å². The number of hydrogen-bond donors (Lipinski definition) is 1. The fraction of sp³-hybridized carbons (Fsp3) is 1.00. The summed E-state index contributed by atoms with van der Waals surface area (Å²) in [6.45, 7) is -0.0928. The lowest BCUT2D eigenvalue weighted by atomic mass is 9.92. The zero-order chi connectivity index (χ0) is 9.35. The molecule has 1 saturated heterocycles. The van der Waals surface area contributed by atoms with Crippen LogP contribution in [0.2, 0.25) is 0 Å². The molecular formula is C6H9BF2O3. The molecule has 6 heteroatoms. The monoisotopic (exact) mass is 178 g/mol. The molecule has 0 aromatic rings. The summed E-state index contributed by atoms with van der Waals surface area (Å²) in [5, 5.41) is 8.98. The number of methoxy groups -OCH3 is 1. The smallest absolute Gasteiger partial charge is 0.293 e. The van der Waals surface area contributed by atoms with Gasteiger partial charge in [0.15, 0.2) is 0 Å². The van der Waals surface area contributed by atoms with E-state index in [1.54, 1.807) is 0 Å². The first kappa shape index (κ1) is 9.89.